The van der Waals surface area contributed by atoms with Crippen molar-refractivity contribution in [2.24, 2.45) is 0 Å². The van der Waals surface area contributed by atoms with Crippen molar-refractivity contribution >= 4 is 29.0 Å². The van der Waals surface area contributed by atoms with E-state index in [0.29, 0.717) is 5.57 Å². The van der Waals surface area contributed by atoms with Crippen LogP contribution >= 0.6 is 0 Å². The summed E-state index contributed by atoms with van der Waals surface area (Å²) in [5, 5.41) is 10.1. The Hall–Kier alpha value is -2.29. The molecule has 2 N–H and O–H groups in total. The van der Waals surface area contributed by atoms with Gasteiger partial charge in [0.25, 0.3) is 0 Å². The Balaban J connectivity index is 2.36. The summed E-state index contributed by atoms with van der Waals surface area (Å²) >= 11 is 0. The summed E-state index contributed by atoms with van der Waals surface area (Å²) in [6, 6.07) is 5.92. The minimum atomic E-state index is -0.904. The number of rotatable bonds is 1. The van der Waals surface area contributed by atoms with Crippen molar-refractivity contribution in [3.05, 3.63) is 47.2 Å². The van der Waals surface area contributed by atoms with Gasteiger partial charge in [0.15, 0.2) is 0 Å². The predicted molar refractivity (Wildman–Crippen MR) is 62.9 cm³/mol. The summed E-state index contributed by atoms with van der Waals surface area (Å²) in [5.41, 5.74) is 3.30. The van der Waals surface area contributed by atoms with E-state index in [0.717, 1.165) is 22.0 Å². The van der Waals surface area contributed by atoms with E-state index in [9.17, 15) is 4.79 Å². The highest BCUT2D eigenvalue weighted by Gasteiger charge is 2.12. The molecule has 2 aromatic rings. The first kappa shape index (κ1) is 8.97. The first-order valence-corrected chi connectivity index (χ1v) is 4.99. The Bertz CT molecular complexity index is 647. The number of benzene rings is 1. The van der Waals surface area contributed by atoms with Gasteiger partial charge in [-0.1, -0.05) is 18.2 Å². The number of carboxylic acid groups (broad SMARTS) is 1. The maximum Gasteiger partial charge on any atom is 0.335 e. The Morgan fingerprint density at radius 1 is 1.19 bits per heavy atom. The highest BCUT2D eigenvalue weighted by molar-refractivity contribution is 6.04. The molecule has 0 fully saturated rings. The molecule has 0 amide bonds. The lowest BCUT2D eigenvalue weighted by Crippen LogP contribution is -1.96. The van der Waals surface area contributed by atoms with Crippen LogP contribution in [0.15, 0.2) is 36.0 Å². The van der Waals surface area contributed by atoms with Gasteiger partial charge in [0.05, 0.1) is 5.57 Å². The van der Waals surface area contributed by atoms with Crippen LogP contribution in [-0.2, 0) is 4.79 Å². The zero-order valence-electron chi connectivity index (χ0n) is 8.40. The first-order chi connectivity index (χ1) is 7.75. The second-order valence-electron chi connectivity index (χ2n) is 3.75. The molecule has 0 bridgehead atoms. The van der Waals surface area contributed by atoms with E-state index >= 15 is 0 Å². The molecule has 16 heavy (non-hydrogen) atoms. The number of hydrogen-bond acceptors (Lipinski definition) is 1. The highest BCUT2D eigenvalue weighted by Crippen LogP contribution is 2.28. The number of aromatic amines is 1. The summed E-state index contributed by atoms with van der Waals surface area (Å²) in [6.45, 7) is 0. The molecular weight excluding hydrogens is 202 g/mol. The van der Waals surface area contributed by atoms with Gasteiger partial charge in [-0.2, -0.15) is 0 Å². The van der Waals surface area contributed by atoms with E-state index in [1.165, 1.54) is 0 Å². The second-order valence-corrected chi connectivity index (χ2v) is 3.75. The standard InChI is InChI=1S/C13H9NO2/c15-13(16)9-5-4-8-2-1-3-11-12(8)10(6-9)7-14-11/h1-7,14H,(H,15,16). The fraction of sp³-hybridized carbons (Fsp3) is 0. The maximum atomic E-state index is 11.0. The number of aromatic nitrogens is 1. The van der Waals surface area contributed by atoms with Gasteiger partial charge in [0.1, 0.15) is 0 Å². The molecule has 0 radical (unpaired) electrons. The summed E-state index contributed by atoms with van der Waals surface area (Å²) in [7, 11) is 0. The van der Waals surface area contributed by atoms with Gasteiger partial charge >= 0.3 is 5.97 Å². The molecule has 3 rings (SSSR count). The summed E-state index contributed by atoms with van der Waals surface area (Å²) in [5.74, 6) is -0.904. The molecule has 0 unspecified atom stereocenters. The van der Waals surface area contributed by atoms with Crippen molar-refractivity contribution in [2.45, 2.75) is 0 Å². The molecule has 1 aromatic carbocycles. The average Bonchev–Trinajstić information content (AvgIpc) is 2.56. The minimum absolute atomic E-state index is 0.303. The normalized spacial score (nSPS) is 13.6. The lowest BCUT2D eigenvalue weighted by atomic mass is 10.1. The average molecular weight is 211 g/mol. The SMILES string of the molecule is O=C(O)C1=Cc2c[nH]c3cccc(c23)C=C1. The predicted octanol–water partition coefficient (Wildman–Crippen LogP) is 2.66. The first-order valence-electron chi connectivity index (χ1n) is 4.99. The van der Waals surface area contributed by atoms with E-state index in [1.54, 1.807) is 12.2 Å². The Labute approximate surface area is 91.7 Å². The fourth-order valence-electron chi connectivity index (χ4n) is 2.02. The lowest BCUT2D eigenvalue weighted by Gasteiger charge is -1.96. The van der Waals surface area contributed by atoms with Crippen LogP contribution in [0.2, 0.25) is 0 Å². The minimum Gasteiger partial charge on any atom is -0.478 e. The summed E-state index contributed by atoms with van der Waals surface area (Å²) in [6.07, 6.45) is 7.00. The molecule has 0 spiro atoms. The largest absolute Gasteiger partial charge is 0.478 e. The molecule has 1 aliphatic carbocycles. The second kappa shape index (κ2) is 3.10. The third-order valence-corrected chi connectivity index (χ3v) is 2.77. The van der Waals surface area contributed by atoms with Gasteiger partial charge in [-0.05, 0) is 23.8 Å². The van der Waals surface area contributed by atoms with Gasteiger partial charge in [0, 0.05) is 22.7 Å². The third kappa shape index (κ3) is 1.18. The van der Waals surface area contributed by atoms with E-state index in [-0.39, 0.29) is 0 Å². The van der Waals surface area contributed by atoms with Crippen LogP contribution in [0.25, 0.3) is 23.1 Å². The van der Waals surface area contributed by atoms with Crippen molar-refractivity contribution in [1.82, 2.24) is 4.98 Å². The molecule has 3 nitrogen and oxygen atoms in total. The van der Waals surface area contributed by atoms with Crippen LogP contribution < -0.4 is 0 Å². The fourth-order valence-corrected chi connectivity index (χ4v) is 2.02. The van der Waals surface area contributed by atoms with E-state index in [4.69, 9.17) is 5.11 Å². The number of hydrogen-bond donors (Lipinski definition) is 2. The number of carboxylic acids is 1. The molecular formula is C13H9NO2. The number of nitrogens with one attached hydrogen (secondary N) is 1. The smallest absolute Gasteiger partial charge is 0.335 e. The van der Waals surface area contributed by atoms with Crippen molar-refractivity contribution < 1.29 is 9.90 Å². The summed E-state index contributed by atoms with van der Waals surface area (Å²) in [4.78, 5) is 14.1. The summed E-state index contributed by atoms with van der Waals surface area (Å²) < 4.78 is 0. The van der Waals surface area contributed by atoms with Gasteiger partial charge < -0.3 is 10.1 Å². The number of aliphatic carboxylic acids is 1. The maximum absolute atomic E-state index is 11.0. The quantitative estimate of drug-likeness (QED) is 0.761. The van der Waals surface area contributed by atoms with Gasteiger partial charge in [-0.3, -0.25) is 0 Å². The van der Waals surface area contributed by atoms with E-state index < -0.39 is 5.97 Å². The topological polar surface area (TPSA) is 53.1 Å². The molecule has 1 heterocycles. The number of carbonyl (C=O) groups is 1. The third-order valence-electron chi connectivity index (χ3n) is 2.77. The van der Waals surface area contributed by atoms with Gasteiger partial charge in [-0.25, -0.2) is 4.79 Å². The molecule has 3 heteroatoms. The molecule has 0 saturated heterocycles. The van der Waals surface area contributed by atoms with Crippen LogP contribution in [0.1, 0.15) is 11.1 Å². The Morgan fingerprint density at radius 2 is 2.06 bits per heavy atom. The Kier molecular flexibility index (Phi) is 1.74. The molecule has 0 aliphatic heterocycles. The van der Waals surface area contributed by atoms with Crippen molar-refractivity contribution in [2.75, 3.05) is 0 Å². The van der Waals surface area contributed by atoms with Crippen molar-refractivity contribution in [3.63, 3.8) is 0 Å². The zero-order valence-corrected chi connectivity index (χ0v) is 8.40. The van der Waals surface area contributed by atoms with Crippen molar-refractivity contribution in [3.8, 4) is 0 Å². The Morgan fingerprint density at radius 3 is 2.88 bits per heavy atom. The van der Waals surface area contributed by atoms with Crippen LogP contribution in [0.4, 0.5) is 0 Å². The molecule has 78 valence electrons. The van der Waals surface area contributed by atoms with Gasteiger partial charge in [0.2, 0.25) is 0 Å². The van der Waals surface area contributed by atoms with Gasteiger partial charge in [-0.15, -0.1) is 0 Å². The molecule has 0 saturated carbocycles. The van der Waals surface area contributed by atoms with Crippen LogP contribution in [-0.4, -0.2) is 16.1 Å². The number of H-pyrrole nitrogens is 1. The molecule has 0 atom stereocenters. The highest BCUT2D eigenvalue weighted by atomic mass is 16.4. The molecule has 1 aromatic heterocycles. The van der Waals surface area contributed by atoms with E-state index in [2.05, 4.69) is 4.98 Å². The van der Waals surface area contributed by atoms with Crippen LogP contribution in [0.3, 0.4) is 0 Å². The van der Waals surface area contributed by atoms with Crippen molar-refractivity contribution in [1.29, 1.82) is 0 Å². The monoisotopic (exact) mass is 211 g/mol. The van der Waals surface area contributed by atoms with Crippen LogP contribution in [0.5, 0.6) is 0 Å². The zero-order chi connectivity index (χ0) is 11.1. The molecule has 1 aliphatic rings. The van der Waals surface area contributed by atoms with E-state index in [1.807, 2.05) is 30.5 Å². The van der Waals surface area contributed by atoms with Crippen LogP contribution in [0, 0.1) is 0 Å². The lowest BCUT2D eigenvalue weighted by molar-refractivity contribution is -0.132.